The quantitative estimate of drug-likeness (QED) is 0.879. The van der Waals surface area contributed by atoms with Gasteiger partial charge in [0.1, 0.15) is 0 Å². The fourth-order valence-electron chi connectivity index (χ4n) is 3.07. The van der Waals surface area contributed by atoms with Gasteiger partial charge < -0.3 is 9.84 Å². The molecule has 0 aliphatic carbocycles. The molecular weight excluding hydrogens is 278 g/mol. The molecule has 1 N–H and O–H groups in total. The number of likely N-dealkylation sites (tertiary alicyclic amines) is 1. The first kappa shape index (κ1) is 15.2. The van der Waals surface area contributed by atoms with E-state index in [1.165, 1.54) is 11.1 Å². The van der Waals surface area contributed by atoms with Crippen LogP contribution in [0.5, 0.6) is 0 Å². The number of nitrogens with zero attached hydrogens (tertiary/aromatic N) is 3. The van der Waals surface area contributed by atoms with Crippen LogP contribution in [0.25, 0.3) is 0 Å². The number of aromatic nitrogens is 2. The number of aliphatic hydroxyl groups excluding tert-OH is 1. The summed E-state index contributed by atoms with van der Waals surface area (Å²) >= 11 is 0. The van der Waals surface area contributed by atoms with Crippen molar-refractivity contribution in [3.63, 3.8) is 0 Å². The average molecular weight is 301 g/mol. The highest BCUT2D eigenvalue weighted by Gasteiger charge is 2.31. The summed E-state index contributed by atoms with van der Waals surface area (Å²) in [6, 6.07) is 10.5. The molecule has 2 heterocycles. The number of methoxy groups -OCH3 is 1. The maximum atomic E-state index is 9.51. The zero-order valence-electron chi connectivity index (χ0n) is 12.9. The van der Waals surface area contributed by atoms with Crippen molar-refractivity contribution in [1.82, 2.24) is 14.7 Å². The molecule has 22 heavy (non-hydrogen) atoms. The molecular formula is C17H23N3O2. The van der Waals surface area contributed by atoms with Crippen LogP contribution in [-0.2, 0) is 17.8 Å². The molecule has 1 fully saturated rings. The molecule has 0 unspecified atom stereocenters. The monoisotopic (exact) mass is 301 g/mol. The predicted molar refractivity (Wildman–Crippen MR) is 84.5 cm³/mol. The molecule has 0 radical (unpaired) electrons. The highest BCUT2D eigenvalue weighted by atomic mass is 16.5. The number of ether oxygens (including phenoxy) is 1. The molecule has 1 aliphatic rings. The van der Waals surface area contributed by atoms with Gasteiger partial charge in [0.15, 0.2) is 0 Å². The summed E-state index contributed by atoms with van der Waals surface area (Å²) in [5, 5.41) is 13.9. The molecule has 0 amide bonds. The van der Waals surface area contributed by atoms with Gasteiger partial charge in [-0.1, -0.05) is 30.3 Å². The molecule has 1 aromatic carbocycles. The summed E-state index contributed by atoms with van der Waals surface area (Å²) < 4.78 is 7.38. The summed E-state index contributed by atoms with van der Waals surface area (Å²) in [6.07, 6.45) is 5.11. The van der Waals surface area contributed by atoms with E-state index >= 15 is 0 Å². The van der Waals surface area contributed by atoms with Gasteiger partial charge in [0, 0.05) is 38.0 Å². The summed E-state index contributed by atoms with van der Waals surface area (Å²) in [5.74, 6) is 0. The van der Waals surface area contributed by atoms with Crippen LogP contribution in [-0.4, -0.2) is 52.2 Å². The Hall–Kier alpha value is -1.69. The molecule has 2 aromatic rings. The lowest BCUT2D eigenvalue weighted by atomic mass is 10.2. The van der Waals surface area contributed by atoms with Crippen molar-refractivity contribution in [2.75, 3.05) is 20.3 Å². The lowest BCUT2D eigenvalue weighted by Gasteiger charge is -2.21. The van der Waals surface area contributed by atoms with E-state index in [9.17, 15) is 5.11 Å². The lowest BCUT2D eigenvalue weighted by molar-refractivity contribution is 0.107. The van der Waals surface area contributed by atoms with Crippen molar-refractivity contribution in [3.05, 3.63) is 53.9 Å². The second-order valence-electron chi connectivity index (χ2n) is 5.89. The molecule has 3 rings (SSSR count). The van der Waals surface area contributed by atoms with Crippen molar-refractivity contribution >= 4 is 0 Å². The smallest absolute Gasteiger partial charge is 0.0714 e. The van der Waals surface area contributed by atoms with Gasteiger partial charge in [0.25, 0.3) is 0 Å². The van der Waals surface area contributed by atoms with Crippen LogP contribution >= 0.6 is 0 Å². The highest BCUT2D eigenvalue weighted by molar-refractivity contribution is 5.15. The van der Waals surface area contributed by atoms with E-state index in [0.29, 0.717) is 0 Å². The van der Waals surface area contributed by atoms with E-state index in [1.54, 1.807) is 7.11 Å². The van der Waals surface area contributed by atoms with Gasteiger partial charge in [0.05, 0.1) is 25.5 Å². The Balaban J connectivity index is 1.62. The number of hydrogen-bond acceptors (Lipinski definition) is 4. The van der Waals surface area contributed by atoms with E-state index in [0.717, 1.165) is 26.1 Å². The molecule has 1 aliphatic heterocycles. The Morgan fingerprint density at radius 3 is 2.77 bits per heavy atom. The fraction of sp³-hybridized carbons (Fsp3) is 0.471. The van der Waals surface area contributed by atoms with E-state index in [-0.39, 0.29) is 18.8 Å². The number of hydrogen-bond donors (Lipinski definition) is 1. The van der Waals surface area contributed by atoms with Gasteiger partial charge in [-0.25, -0.2) is 0 Å². The maximum absolute atomic E-state index is 9.51. The molecule has 0 saturated carbocycles. The van der Waals surface area contributed by atoms with Gasteiger partial charge in [-0.2, -0.15) is 5.10 Å². The summed E-state index contributed by atoms with van der Waals surface area (Å²) in [7, 11) is 1.74. The van der Waals surface area contributed by atoms with Crippen molar-refractivity contribution in [2.45, 2.75) is 31.7 Å². The first-order valence-electron chi connectivity index (χ1n) is 7.71. The standard InChI is InChI=1S/C17H23N3O2/c1-22-17-7-16(13-21)19(12-17)9-15-8-18-20(11-15)10-14-5-3-2-4-6-14/h2-6,8,11,16-17,21H,7,9-10,12-13H2,1H3/t16-,17-/m0/s1. The van der Waals surface area contributed by atoms with Crippen LogP contribution in [0.1, 0.15) is 17.5 Å². The van der Waals surface area contributed by atoms with E-state index < -0.39 is 0 Å². The largest absolute Gasteiger partial charge is 0.395 e. The molecule has 0 bridgehead atoms. The topological polar surface area (TPSA) is 50.5 Å². The van der Waals surface area contributed by atoms with E-state index in [2.05, 4.69) is 28.3 Å². The second kappa shape index (κ2) is 7.05. The minimum Gasteiger partial charge on any atom is -0.395 e. The van der Waals surface area contributed by atoms with Crippen molar-refractivity contribution in [2.24, 2.45) is 0 Å². The van der Waals surface area contributed by atoms with Crippen LogP contribution in [0.3, 0.4) is 0 Å². The molecule has 1 saturated heterocycles. The summed E-state index contributed by atoms with van der Waals surface area (Å²) in [4.78, 5) is 2.28. The molecule has 1 aromatic heterocycles. The zero-order chi connectivity index (χ0) is 15.4. The summed E-state index contributed by atoms with van der Waals surface area (Å²) in [5.41, 5.74) is 2.41. The minimum absolute atomic E-state index is 0.179. The van der Waals surface area contributed by atoms with Crippen LogP contribution in [0.2, 0.25) is 0 Å². The first-order chi connectivity index (χ1) is 10.8. The minimum atomic E-state index is 0.179. The maximum Gasteiger partial charge on any atom is 0.0714 e. The number of rotatable bonds is 6. The molecule has 5 nitrogen and oxygen atoms in total. The Labute approximate surface area is 131 Å². The predicted octanol–water partition coefficient (Wildman–Crippen LogP) is 1.51. The normalized spacial score (nSPS) is 22.3. The third-order valence-corrected chi connectivity index (χ3v) is 4.29. The highest BCUT2D eigenvalue weighted by Crippen LogP contribution is 2.22. The van der Waals surface area contributed by atoms with Gasteiger partial charge in [0.2, 0.25) is 0 Å². The van der Waals surface area contributed by atoms with Gasteiger partial charge in [-0.3, -0.25) is 9.58 Å². The Morgan fingerprint density at radius 2 is 2.05 bits per heavy atom. The fourth-order valence-corrected chi connectivity index (χ4v) is 3.07. The third kappa shape index (κ3) is 3.55. The van der Waals surface area contributed by atoms with E-state index in [1.807, 2.05) is 29.1 Å². The molecule has 0 spiro atoms. The summed E-state index contributed by atoms with van der Waals surface area (Å²) in [6.45, 7) is 2.63. The van der Waals surface area contributed by atoms with E-state index in [4.69, 9.17) is 4.74 Å². The average Bonchev–Trinajstić information content (AvgIpc) is 3.15. The Bertz CT molecular complexity index is 585. The molecule has 2 atom stereocenters. The van der Waals surface area contributed by atoms with Crippen LogP contribution < -0.4 is 0 Å². The van der Waals surface area contributed by atoms with Gasteiger partial charge in [-0.15, -0.1) is 0 Å². The lowest BCUT2D eigenvalue weighted by Crippen LogP contribution is -2.31. The Morgan fingerprint density at radius 1 is 1.23 bits per heavy atom. The molecule has 5 heteroatoms. The Kier molecular flexibility index (Phi) is 4.87. The van der Waals surface area contributed by atoms with Crippen molar-refractivity contribution in [1.29, 1.82) is 0 Å². The number of aliphatic hydroxyl groups is 1. The second-order valence-corrected chi connectivity index (χ2v) is 5.89. The van der Waals surface area contributed by atoms with Crippen LogP contribution in [0.4, 0.5) is 0 Å². The van der Waals surface area contributed by atoms with Crippen LogP contribution in [0.15, 0.2) is 42.7 Å². The van der Waals surface area contributed by atoms with Gasteiger partial charge >= 0.3 is 0 Å². The molecule has 118 valence electrons. The van der Waals surface area contributed by atoms with Crippen molar-refractivity contribution in [3.8, 4) is 0 Å². The van der Waals surface area contributed by atoms with Crippen molar-refractivity contribution < 1.29 is 9.84 Å². The van der Waals surface area contributed by atoms with Gasteiger partial charge in [-0.05, 0) is 12.0 Å². The van der Waals surface area contributed by atoms with Crippen LogP contribution in [0, 0.1) is 0 Å². The zero-order valence-corrected chi connectivity index (χ0v) is 12.9. The SMILES string of the molecule is CO[C@H]1C[C@@H](CO)N(Cc2cnn(Cc3ccccc3)c2)C1. The third-order valence-electron chi connectivity index (χ3n) is 4.29. The number of benzene rings is 1. The first-order valence-corrected chi connectivity index (χ1v) is 7.71.